The molecule has 4 aromatic carbocycles. The molecule has 0 bridgehead atoms. The molecular weight excluding hydrogens is 649 g/mol. The van der Waals surface area contributed by atoms with E-state index in [0.29, 0.717) is 45.7 Å². The van der Waals surface area contributed by atoms with Gasteiger partial charge >= 0.3 is 0 Å². The SMILES string of the molecule is CCOc1cc(C)c(-c2nc3ccccc3c(=O)n2N=Cc2ccc(OCc3ccc(Cl)c(Cl)c3)c(Br)c2)cc1C(C)C. The van der Waals surface area contributed by atoms with E-state index in [1.165, 1.54) is 4.68 Å². The largest absolute Gasteiger partial charge is 0.494 e. The third-order valence-electron chi connectivity index (χ3n) is 6.93. The van der Waals surface area contributed by atoms with Crippen molar-refractivity contribution in [3.05, 3.63) is 120 Å². The van der Waals surface area contributed by atoms with Crippen molar-refractivity contribution in [1.82, 2.24) is 9.66 Å². The Kier molecular flexibility index (Phi) is 9.55. The summed E-state index contributed by atoms with van der Waals surface area (Å²) in [5, 5.41) is 6.12. The van der Waals surface area contributed by atoms with Crippen LogP contribution in [0.15, 0.2) is 87.2 Å². The zero-order chi connectivity index (χ0) is 30.7. The van der Waals surface area contributed by atoms with E-state index < -0.39 is 0 Å². The third-order valence-corrected chi connectivity index (χ3v) is 8.29. The van der Waals surface area contributed by atoms with Crippen LogP contribution in [-0.4, -0.2) is 22.5 Å². The van der Waals surface area contributed by atoms with E-state index in [-0.39, 0.29) is 11.5 Å². The number of halogens is 3. The lowest BCUT2D eigenvalue weighted by atomic mass is 9.96. The first-order chi connectivity index (χ1) is 20.7. The van der Waals surface area contributed by atoms with E-state index in [9.17, 15) is 4.79 Å². The molecule has 0 amide bonds. The van der Waals surface area contributed by atoms with Crippen molar-refractivity contribution in [2.75, 3.05) is 6.61 Å². The Hall–Kier alpha value is -3.65. The van der Waals surface area contributed by atoms with Crippen LogP contribution in [0, 0.1) is 6.92 Å². The second kappa shape index (κ2) is 13.3. The molecule has 0 aliphatic heterocycles. The second-order valence-electron chi connectivity index (χ2n) is 10.3. The number of hydrogen-bond donors (Lipinski definition) is 0. The van der Waals surface area contributed by atoms with Gasteiger partial charge in [-0.05, 0) is 113 Å². The average molecular weight is 679 g/mol. The molecule has 0 N–H and O–H groups in total. The Labute approximate surface area is 269 Å². The minimum atomic E-state index is -0.253. The molecule has 0 saturated heterocycles. The number of para-hydroxylation sites is 1. The number of hydrogen-bond acceptors (Lipinski definition) is 5. The fourth-order valence-electron chi connectivity index (χ4n) is 4.71. The van der Waals surface area contributed by atoms with Gasteiger partial charge in [-0.1, -0.05) is 55.2 Å². The van der Waals surface area contributed by atoms with Gasteiger partial charge in [0.1, 0.15) is 18.1 Å². The summed E-state index contributed by atoms with van der Waals surface area (Å²) in [6, 6.07) is 22.4. The van der Waals surface area contributed by atoms with Crippen molar-refractivity contribution in [3.63, 3.8) is 0 Å². The molecule has 9 heteroatoms. The predicted octanol–water partition coefficient (Wildman–Crippen LogP) is 9.42. The van der Waals surface area contributed by atoms with Gasteiger partial charge in [0.05, 0.1) is 38.2 Å². The molecule has 1 heterocycles. The Morgan fingerprint density at radius 1 is 0.977 bits per heavy atom. The van der Waals surface area contributed by atoms with Gasteiger partial charge in [-0.3, -0.25) is 4.79 Å². The molecule has 0 aliphatic rings. The topological polar surface area (TPSA) is 65.7 Å². The molecule has 0 radical (unpaired) electrons. The molecule has 1 aromatic heterocycles. The maximum absolute atomic E-state index is 13.8. The number of ether oxygens (including phenoxy) is 2. The summed E-state index contributed by atoms with van der Waals surface area (Å²) in [5.74, 6) is 2.16. The standard InChI is InChI=1S/C34H30BrCl2N3O3/c1-5-42-32-14-21(4)26(17-25(32)20(2)3)33-39-30-9-7-6-8-24(30)34(41)40(33)38-18-22-11-13-31(27(35)15-22)43-19-23-10-12-28(36)29(37)16-23/h6-18,20H,5,19H2,1-4H3. The van der Waals surface area contributed by atoms with Gasteiger partial charge in [0, 0.05) is 5.56 Å². The number of aryl methyl sites for hydroxylation is 1. The Bertz CT molecular complexity index is 1900. The summed E-state index contributed by atoms with van der Waals surface area (Å²) in [6.45, 7) is 9.08. The minimum Gasteiger partial charge on any atom is -0.494 e. The van der Waals surface area contributed by atoms with E-state index in [1.807, 2.05) is 62.4 Å². The number of nitrogens with zero attached hydrogens (tertiary/aromatic N) is 3. The average Bonchev–Trinajstić information content (AvgIpc) is 2.98. The Balaban J connectivity index is 1.52. The molecule has 0 fully saturated rings. The maximum Gasteiger partial charge on any atom is 0.282 e. The van der Waals surface area contributed by atoms with E-state index in [0.717, 1.165) is 38.0 Å². The van der Waals surface area contributed by atoms with Gasteiger partial charge in [-0.2, -0.15) is 9.78 Å². The van der Waals surface area contributed by atoms with Crippen LogP contribution < -0.4 is 15.0 Å². The fourth-order valence-corrected chi connectivity index (χ4v) is 5.54. The highest BCUT2D eigenvalue weighted by Crippen LogP contribution is 2.34. The Morgan fingerprint density at radius 3 is 2.49 bits per heavy atom. The lowest BCUT2D eigenvalue weighted by Crippen LogP contribution is -2.20. The lowest BCUT2D eigenvalue weighted by molar-refractivity contribution is 0.304. The zero-order valence-corrected chi connectivity index (χ0v) is 27.3. The highest BCUT2D eigenvalue weighted by atomic mass is 79.9. The summed E-state index contributed by atoms with van der Waals surface area (Å²) in [7, 11) is 0. The number of aromatic nitrogens is 2. The maximum atomic E-state index is 13.8. The highest BCUT2D eigenvalue weighted by Gasteiger charge is 2.18. The van der Waals surface area contributed by atoms with Crippen LogP contribution >= 0.6 is 39.1 Å². The van der Waals surface area contributed by atoms with Gasteiger partial charge in [0.15, 0.2) is 5.82 Å². The molecule has 5 rings (SSSR count). The summed E-state index contributed by atoms with van der Waals surface area (Å²) in [4.78, 5) is 18.7. The number of benzene rings is 4. The van der Waals surface area contributed by atoms with Crippen molar-refractivity contribution >= 4 is 56.2 Å². The summed E-state index contributed by atoms with van der Waals surface area (Å²) < 4.78 is 14.0. The summed E-state index contributed by atoms with van der Waals surface area (Å²) in [6.07, 6.45) is 1.64. The molecule has 220 valence electrons. The van der Waals surface area contributed by atoms with Crippen LogP contribution in [0.4, 0.5) is 0 Å². The van der Waals surface area contributed by atoms with E-state index >= 15 is 0 Å². The van der Waals surface area contributed by atoms with Gasteiger partial charge in [-0.25, -0.2) is 4.98 Å². The number of rotatable bonds is 9. The summed E-state index contributed by atoms with van der Waals surface area (Å²) >= 11 is 15.7. The molecule has 0 unspecified atom stereocenters. The van der Waals surface area contributed by atoms with E-state index in [1.54, 1.807) is 24.4 Å². The Morgan fingerprint density at radius 2 is 1.77 bits per heavy atom. The molecule has 43 heavy (non-hydrogen) atoms. The molecule has 0 saturated carbocycles. The third kappa shape index (κ3) is 6.80. The smallest absolute Gasteiger partial charge is 0.282 e. The molecule has 0 aliphatic carbocycles. The van der Waals surface area contributed by atoms with Crippen LogP contribution in [0.5, 0.6) is 11.5 Å². The highest BCUT2D eigenvalue weighted by molar-refractivity contribution is 9.10. The molecule has 0 spiro atoms. The van der Waals surface area contributed by atoms with Gasteiger partial charge < -0.3 is 9.47 Å². The lowest BCUT2D eigenvalue weighted by Gasteiger charge is -2.18. The van der Waals surface area contributed by atoms with Gasteiger partial charge in [-0.15, -0.1) is 0 Å². The van der Waals surface area contributed by atoms with Crippen LogP contribution in [0.1, 0.15) is 48.9 Å². The van der Waals surface area contributed by atoms with E-state index in [2.05, 4.69) is 40.9 Å². The quantitative estimate of drug-likeness (QED) is 0.146. The molecule has 0 atom stereocenters. The second-order valence-corrected chi connectivity index (χ2v) is 12.0. The van der Waals surface area contributed by atoms with Crippen molar-refractivity contribution < 1.29 is 9.47 Å². The molecule has 5 aromatic rings. The van der Waals surface area contributed by atoms with Crippen LogP contribution in [0.25, 0.3) is 22.3 Å². The first-order valence-corrected chi connectivity index (χ1v) is 15.4. The molecule has 6 nitrogen and oxygen atoms in total. The molecular formula is C34H30BrCl2N3O3. The minimum absolute atomic E-state index is 0.208. The normalized spacial score (nSPS) is 11.5. The van der Waals surface area contributed by atoms with Crippen molar-refractivity contribution in [2.24, 2.45) is 5.10 Å². The van der Waals surface area contributed by atoms with Gasteiger partial charge in [0.25, 0.3) is 5.56 Å². The van der Waals surface area contributed by atoms with Crippen molar-refractivity contribution in [1.29, 1.82) is 0 Å². The van der Waals surface area contributed by atoms with Crippen molar-refractivity contribution in [2.45, 2.75) is 40.2 Å². The fraction of sp³-hybridized carbons (Fsp3) is 0.206. The first-order valence-electron chi connectivity index (χ1n) is 13.9. The van der Waals surface area contributed by atoms with Crippen LogP contribution in [0.2, 0.25) is 10.0 Å². The van der Waals surface area contributed by atoms with Crippen LogP contribution in [-0.2, 0) is 6.61 Å². The first kappa shape index (κ1) is 30.8. The number of fused-ring (bicyclic) bond motifs is 1. The van der Waals surface area contributed by atoms with Crippen LogP contribution in [0.3, 0.4) is 0 Å². The zero-order valence-electron chi connectivity index (χ0n) is 24.2. The van der Waals surface area contributed by atoms with Crippen molar-refractivity contribution in [3.8, 4) is 22.9 Å². The summed E-state index contributed by atoms with van der Waals surface area (Å²) in [5.41, 5.74) is 4.82. The van der Waals surface area contributed by atoms with Gasteiger partial charge in [0.2, 0.25) is 0 Å². The monoisotopic (exact) mass is 677 g/mol. The predicted molar refractivity (Wildman–Crippen MR) is 179 cm³/mol. The van der Waals surface area contributed by atoms with E-state index in [4.69, 9.17) is 37.7 Å².